The molecular formula is C73H118N24O22S2. The molecule has 2 saturated heterocycles. The van der Waals surface area contributed by atoms with Gasteiger partial charge in [-0.2, -0.15) is 0 Å². The zero-order chi connectivity index (χ0) is 90.8. The zero-order valence-electron chi connectivity index (χ0n) is 68.6. The molecule has 2 fully saturated rings. The van der Waals surface area contributed by atoms with Crippen molar-refractivity contribution in [1.82, 2.24) is 95.3 Å². The highest BCUT2D eigenvalue weighted by Crippen LogP contribution is 2.24. The molecule has 121 heavy (non-hydrogen) atoms. The second-order valence-corrected chi connectivity index (χ2v) is 31.9. The number of aliphatic carboxylic acids is 2. The van der Waals surface area contributed by atoms with Crippen molar-refractivity contribution in [3.8, 4) is 0 Å². The Morgan fingerprint density at radius 1 is 0.521 bits per heavy atom. The maximum Gasteiger partial charge on any atom is 0.327 e. The SMILES string of the molecule is CC[C@H](C)C1NC(=O)[C@H](CCCNC(=N)N)NC(=O)[C@@H]2CCCN2C(=O)CNC(=O)[C@H](Cc2ccccc2)NC(=O)[C@H](N)CSSC[C@@H](C(=O)O)NC(=O)CNC(=O)[C@H](CC(C)C)NC(=O)CNC(=O)[C@@H](CO)NC(=O)[C@H](CCC(N)=O)NC(=O)[C@H](C)NC(=O)CNC(=O)[C@H]([C@@H](C)CC)NC(=O)[C@H](CCCNC(=N)N)NC(=O)[C@H](CC(=O)O)NC1=O. The highest BCUT2D eigenvalue weighted by molar-refractivity contribution is 8.76. The standard InChI is InChI=1S/C73H118N24O22S2/c1-8-37(5)57-69(116)84-29-52(100)86-39(7)59(106)89-44(21-22-51(75)99)64(111)94-48(33-98)63(110)83-30-53(101)87-45(26-36(3)4)61(108)82-31-54(102)88-49(71(118)119)35-121-120-34-41(74)60(107)92-46(27-40-16-11-10-12-17-40)62(109)85-32-55(103)97-25-15-20-50(97)68(115)91-43(19-14-24-81-73(78)79)66(113)96-58(38(6)9-2)70(117)93-47(28-56(104)105)67(114)90-42(65(112)95-57)18-13-23-80-72(76)77/h10-12,16-17,36-39,41-50,57-58,98H,8-9,13-15,18-35,74H2,1-7H3,(H2,75,99)(H,82,108)(H,83,110)(H,84,116)(H,85,109)(H,86,100)(H,87,101)(H,88,102)(H,89,106)(H,90,114)(H,91,115)(H,92,107)(H,93,117)(H,94,111)(H,95,112)(H,96,113)(H,104,105)(H,118,119)(H4,76,77,80)(H4,78,79,81)/t37-,38-,39-,41+,42-,43-,44-,45-,46-,47-,48+,49-,50-,57-,58?/m0/s1. The van der Waals surface area contributed by atoms with E-state index in [-0.39, 0.29) is 101 Å². The summed E-state index contributed by atoms with van der Waals surface area (Å²) < 4.78 is 0. The lowest BCUT2D eigenvalue weighted by molar-refractivity contribution is -0.142. The van der Waals surface area contributed by atoms with Crippen molar-refractivity contribution in [2.24, 2.45) is 40.7 Å². The quantitative estimate of drug-likeness (QED) is 0.0209. The number of carbonyl (C=O) groups excluding carboxylic acids is 17. The van der Waals surface area contributed by atoms with Crippen molar-refractivity contribution in [2.75, 3.05) is 63.9 Å². The minimum absolute atomic E-state index is 0.000909. The van der Waals surface area contributed by atoms with Crippen molar-refractivity contribution < 1.29 is 106 Å². The molecule has 0 saturated carbocycles. The third-order valence-corrected chi connectivity index (χ3v) is 21.6. The minimum Gasteiger partial charge on any atom is -0.481 e. The first kappa shape index (κ1) is 103. The largest absolute Gasteiger partial charge is 0.481 e. The number of nitrogens with two attached hydrogens (primary N) is 4. The first-order valence-electron chi connectivity index (χ1n) is 39.3. The summed E-state index contributed by atoms with van der Waals surface area (Å²) in [5.41, 5.74) is 23.2. The summed E-state index contributed by atoms with van der Waals surface area (Å²) >= 11 is 0. The average Bonchev–Trinajstić information content (AvgIpc) is 1.81. The van der Waals surface area contributed by atoms with Crippen LogP contribution in [-0.2, 0) is 97.5 Å². The van der Waals surface area contributed by atoms with E-state index < -0.39 is 267 Å². The smallest absolute Gasteiger partial charge is 0.327 e. The number of nitrogens with one attached hydrogen (secondary N) is 19. The Bertz CT molecular complexity index is 3810. The molecular weight excluding hydrogens is 1630 g/mol. The number of carbonyl (C=O) groups is 19. The Kier molecular flexibility index (Phi) is 46.0. The number of rotatable bonds is 23. The third kappa shape index (κ3) is 38.5. The number of benzene rings is 1. The molecule has 0 spiro atoms. The topological polar surface area (TPSA) is 745 Å². The van der Waals surface area contributed by atoms with Gasteiger partial charge in [-0.15, -0.1) is 0 Å². The van der Waals surface area contributed by atoms with E-state index in [9.17, 15) is 106 Å². The number of aliphatic hydroxyl groups is 1. The number of carboxylic acid groups (broad SMARTS) is 2. The van der Waals surface area contributed by atoms with Gasteiger partial charge in [0.1, 0.15) is 72.5 Å². The van der Waals surface area contributed by atoms with Crippen LogP contribution in [0.15, 0.2) is 30.3 Å². The number of hydrogen-bond acceptors (Lipinski definition) is 25. The van der Waals surface area contributed by atoms with Crippen LogP contribution >= 0.6 is 21.6 Å². The van der Waals surface area contributed by atoms with E-state index in [2.05, 4.69) is 90.4 Å². The average molecular weight is 1750 g/mol. The van der Waals surface area contributed by atoms with E-state index in [1.54, 1.807) is 65.0 Å². The maximum atomic E-state index is 14.6. The number of primary amides is 1. The van der Waals surface area contributed by atoms with Gasteiger partial charge >= 0.3 is 11.9 Å². The monoisotopic (exact) mass is 1750 g/mol. The minimum atomic E-state index is -2.00. The Morgan fingerprint density at radius 2 is 0.975 bits per heavy atom. The van der Waals surface area contributed by atoms with E-state index in [4.69, 9.17) is 33.8 Å². The number of carboxylic acids is 2. The number of nitrogens with zero attached hydrogens (tertiary/aromatic N) is 1. The predicted molar refractivity (Wildman–Crippen MR) is 439 cm³/mol. The van der Waals surface area contributed by atoms with E-state index in [0.717, 1.165) is 28.5 Å². The van der Waals surface area contributed by atoms with Gasteiger partial charge in [-0.05, 0) is 81.6 Å². The van der Waals surface area contributed by atoms with Gasteiger partial charge in [0.05, 0.1) is 45.2 Å². The molecule has 674 valence electrons. The lowest BCUT2D eigenvalue weighted by Gasteiger charge is -2.30. The molecule has 0 aliphatic carbocycles. The summed E-state index contributed by atoms with van der Waals surface area (Å²) in [5.74, 6) is -23.2. The molecule has 2 heterocycles. The normalized spacial score (nSPS) is 25.3. The lowest BCUT2D eigenvalue weighted by Crippen LogP contribution is -2.61. The van der Waals surface area contributed by atoms with Gasteiger partial charge in [0.15, 0.2) is 11.9 Å². The maximum absolute atomic E-state index is 14.6. The van der Waals surface area contributed by atoms with Crippen LogP contribution in [0.1, 0.15) is 131 Å². The molecule has 1 aromatic carbocycles. The summed E-state index contributed by atoms with van der Waals surface area (Å²) in [6.45, 7) is 6.52. The van der Waals surface area contributed by atoms with Crippen LogP contribution in [0.3, 0.4) is 0 Å². The van der Waals surface area contributed by atoms with Crippen LogP contribution in [0.25, 0.3) is 0 Å². The van der Waals surface area contributed by atoms with Crippen LogP contribution in [-0.4, -0.2) is 287 Å². The Labute approximate surface area is 706 Å². The Morgan fingerprint density at radius 3 is 1.50 bits per heavy atom. The molecule has 0 aromatic heterocycles. The number of hydrogen-bond donors (Lipinski definition) is 26. The lowest BCUT2D eigenvalue weighted by atomic mass is 9.96. The van der Waals surface area contributed by atoms with E-state index in [1.165, 1.54) is 11.8 Å². The second-order valence-electron chi connectivity index (χ2n) is 29.3. The van der Waals surface area contributed by atoms with Crippen LogP contribution in [0.4, 0.5) is 0 Å². The van der Waals surface area contributed by atoms with Crippen molar-refractivity contribution in [3.05, 3.63) is 35.9 Å². The van der Waals surface area contributed by atoms with Gasteiger partial charge in [0.2, 0.25) is 100 Å². The molecule has 2 aliphatic rings. The first-order valence-corrected chi connectivity index (χ1v) is 41.8. The molecule has 0 bridgehead atoms. The van der Waals surface area contributed by atoms with E-state index in [0.29, 0.717) is 5.56 Å². The van der Waals surface area contributed by atoms with Crippen molar-refractivity contribution in [3.63, 3.8) is 0 Å². The summed E-state index contributed by atoms with van der Waals surface area (Å²) in [6.07, 6.45) is -2.06. The molecule has 1 unspecified atom stereocenters. The van der Waals surface area contributed by atoms with Gasteiger partial charge in [0, 0.05) is 44.0 Å². The third-order valence-electron chi connectivity index (χ3n) is 19.1. The summed E-state index contributed by atoms with van der Waals surface area (Å²) in [6, 6.07) is -11.8. The van der Waals surface area contributed by atoms with E-state index >= 15 is 0 Å². The van der Waals surface area contributed by atoms with Gasteiger partial charge in [-0.3, -0.25) is 97.1 Å². The number of guanidine groups is 2. The van der Waals surface area contributed by atoms with Crippen molar-refractivity contribution >= 4 is 146 Å². The zero-order valence-corrected chi connectivity index (χ0v) is 70.2. The molecule has 17 amide bonds. The van der Waals surface area contributed by atoms with Crippen LogP contribution < -0.4 is 113 Å². The molecule has 48 heteroatoms. The van der Waals surface area contributed by atoms with Gasteiger partial charge in [0.25, 0.3) is 0 Å². The molecule has 15 atom stereocenters. The molecule has 30 N–H and O–H groups in total. The number of aliphatic hydroxyl groups excluding tert-OH is 1. The van der Waals surface area contributed by atoms with Crippen LogP contribution in [0, 0.1) is 28.6 Å². The Hall–Kier alpha value is -11.7. The van der Waals surface area contributed by atoms with Crippen LogP contribution in [0.5, 0.6) is 0 Å². The molecule has 2 aliphatic heterocycles. The number of fused-ring (bicyclic) bond motifs is 1. The highest BCUT2D eigenvalue weighted by atomic mass is 33.1. The Balaban J connectivity index is 2.09. The fraction of sp³-hybridized carbons (Fsp3) is 0.630. The molecule has 3 rings (SSSR count). The second kappa shape index (κ2) is 53.8. The van der Waals surface area contributed by atoms with Gasteiger partial charge < -0.3 is 134 Å². The number of amides is 17. The molecule has 46 nitrogen and oxygen atoms in total. The molecule has 1 aromatic rings. The first-order chi connectivity index (χ1) is 57.1. The van der Waals surface area contributed by atoms with Crippen LogP contribution in [0.2, 0.25) is 0 Å². The van der Waals surface area contributed by atoms with Gasteiger partial charge in [-0.25, -0.2) is 4.79 Å². The van der Waals surface area contributed by atoms with Crippen molar-refractivity contribution in [2.45, 2.75) is 210 Å². The fourth-order valence-electron chi connectivity index (χ4n) is 12.0. The predicted octanol–water partition coefficient (Wildman–Crippen LogP) is -8.76. The fourth-order valence-corrected chi connectivity index (χ4v) is 14.3. The highest BCUT2D eigenvalue weighted by Gasteiger charge is 2.40. The van der Waals surface area contributed by atoms with E-state index in [1.807, 2.05) is 0 Å². The van der Waals surface area contributed by atoms with Gasteiger partial charge in [-0.1, -0.05) is 106 Å². The summed E-state index contributed by atoms with van der Waals surface area (Å²) in [5, 5.41) is 86.9. The summed E-state index contributed by atoms with van der Waals surface area (Å²) in [7, 11) is 1.83. The molecule has 0 radical (unpaired) electrons. The summed E-state index contributed by atoms with van der Waals surface area (Å²) in [4.78, 5) is 260. The van der Waals surface area contributed by atoms with Crippen molar-refractivity contribution in [1.29, 1.82) is 10.8 Å².